The van der Waals surface area contributed by atoms with Crippen LogP contribution >= 0.6 is 23.5 Å². The Balaban J connectivity index is 0.813. The van der Waals surface area contributed by atoms with Crippen LogP contribution in [-0.4, -0.2) is 124 Å². The second kappa shape index (κ2) is 42.7. The summed E-state index contributed by atoms with van der Waals surface area (Å²) >= 11 is 0. The van der Waals surface area contributed by atoms with E-state index in [2.05, 4.69) is 5.32 Å². The lowest BCUT2D eigenvalue weighted by molar-refractivity contribution is -0.327. The zero-order valence-corrected chi connectivity index (χ0v) is 81.2. The minimum absolute atomic E-state index is 0.154. The van der Waals surface area contributed by atoms with Gasteiger partial charge in [-0.3, -0.25) is 45.3 Å². The molecule has 13 aromatic carbocycles. The van der Waals surface area contributed by atoms with E-state index in [0.29, 0.717) is 107 Å². The number of fused-ring (bicyclic) bond motifs is 4. The third-order valence-electron chi connectivity index (χ3n) is 26.3. The molecule has 0 amide bonds. The number of phosphoric ester groups is 3. The van der Waals surface area contributed by atoms with Crippen LogP contribution < -0.4 is 33.7 Å². The molecule has 32 heteroatoms. The van der Waals surface area contributed by atoms with Gasteiger partial charge in [0, 0.05) is 0 Å². The Morgan fingerprint density at radius 1 is 0.331 bits per heavy atom. The first-order valence-corrected chi connectivity index (χ1v) is 50.7. The van der Waals surface area contributed by atoms with Crippen molar-refractivity contribution in [3.63, 3.8) is 0 Å². The van der Waals surface area contributed by atoms with E-state index >= 15 is 13.7 Å². The Morgan fingerprint density at radius 3 is 1.01 bits per heavy atom. The average Bonchev–Trinajstić information content (AvgIpc) is 1.43. The lowest BCUT2D eigenvalue weighted by atomic mass is 9.77. The van der Waals surface area contributed by atoms with Crippen molar-refractivity contribution >= 4 is 40.4 Å². The SMILES string of the molecule is COc1ccc(C(Nc2ncnc3c2ncn3[C@@H]2O[C@H](COC(c3ccccc3)(c3ccc(OC)cc3)c3ccc(OC)cc3)[C@@H](O[C@H]3O[C@H](COC(c4ccccc4)(c4ccc(OC)cc4)c4ccc(OC)cc4)[C@@H](OP4(=O)OCc5ccccc5CO4)[C@H](OP4(=O)OCc5ccccc5CO4)[C@H]3OCc3ccccc3)[C@H]2OP2(=O)OCc3ccccc3CO2)(c2ccccc2)c2ccc(OC)cc2)cc1. The number of rotatable bonds is 35. The van der Waals surface area contributed by atoms with Crippen LogP contribution in [0, 0.1) is 0 Å². The number of anilines is 1. The lowest BCUT2D eigenvalue weighted by Crippen LogP contribution is -2.63. The summed E-state index contributed by atoms with van der Waals surface area (Å²) in [5.41, 5.74) is 6.44. The standard InChI is InChI=1S/C110H104N5O24P3/c1-119-90-51-39-82(40-52-90)108(81-33-13-8-14-34-81,83-41-53-91(120-2)54-42-83)114-104-98-105(112-72-111-104)115(73-113-98)106-102(139-142(118)132-68-79-31-23-24-32-80(79)69-133-142)99(96(134-106)70-126-109(84-35-15-9-16-36-84,86-43-55-92(121-3)56-44-86)87-45-57-93(122-4)58-46-87)136-107-103(125-63-74-25-11-7-12-26-74)101(138-141(117)130-66-77-29-21-22-30-78(77)67-131-141)100(137-140(116)128-64-75-27-19-20-28-76(75)65-129-140)97(135-107)71-127-110(85-37-17-10-18-38-85,88-47-59-94(123-5)60-48-88)89-49-61-95(124-6)62-50-89/h7-62,72-73,96-97,99-103,106-107H,63-71H2,1-6H3,(H,111,112,114)/t96-,97-,99-,100-,101+,102-,103-,106-,107-/m1/s1. The summed E-state index contributed by atoms with van der Waals surface area (Å²) in [5.74, 6) is 3.67. The van der Waals surface area contributed by atoms with Gasteiger partial charge in [-0.15, -0.1) is 0 Å². The molecule has 5 aliphatic rings. The van der Waals surface area contributed by atoms with E-state index in [9.17, 15) is 0 Å². The van der Waals surface area contributed by atoms with Crippen molar-refractivity contribution < 1.29 is 111 Å². The Hall–Kier alpha value is -12.9. The van der Waals surface area contributed by atoms with Gasteiger partial charge in [-0.1, -0.05) is 267 Å². The van der Waals surface area contributed by atoms with Crippen LogP contribution in [0.5, 0.6) is 34.5 Å². The van der Waals surface area contributed by atoms with Crippen LogP contribution in [0.3, 0.4) is 0 Å². The molecule has 2 aromatic heterocycles. The number of imidazole rings is 1. The number of hydrogen-bond acceptors (Lipinski definition) is 28. The van der Waals surface area contributed by atoms with Gasteiger partial charge in [0.05, 0.1) is 108 Å². The van der Waals surface area contributed by atoms with Gasteiger partial charge in [-0.25, -0.2) is 28.6 Å². The molecular weight excluding hydrogens is 1870 g/mol. The predicted octanol–water partition coefficient (Wildman–Crippen LogP) is 21.6. The normalized spacial score (nSPS) is 20.4. The molecule has 0 bridgehead atoms. The molecule has 0 radical (unpaired) electrons. The first-order valence-electron chi connectivity index (χ1n) is 46.3. The van der Waals surface area contributed by atoms with Crippen molar-refractivity contribution in [2.45, 2.75) is 118 Å². The fourth-order valence-corrected chi connectivity index (χ4v) is 22.9. The van der Waals surface area contributed by atoms with Crippen LogP contribution in [0.4, 0.5) is 5.82 Å². The second-order valence-corrected chi connectivity index (χ2v) is 39.2. The molecule has 7 heterocycles. The van der Waals surface area contributed by atoms with Gasteiger partial charge in [-0.05, 0) is 162 Å². The number of aromatic nitrogens is 4. The number of nitrogens with zero attached hydrogens (tertiary/aromatic N) is 4. The van der Waals surface area contributed by atoms with Gasteiger partial charge in [0.2, 0.25) is 0 Å². The molecule has 142 heavy (non-hydrogen) atoms. The molecule has 728 valence electrons. The molecule has 29 nitrogen and oxygen atoms in total. The maximum atomic E-state index is 16.9. The fraction of sp³-hybridized carbons (Fsp3) is 0.245. The molecule has 1 N–H and O–H groups in total. The van der Waals surface area contributed by atoms with Gasteiger partial charge in [-0.2, -0.15) is 0 Å². The molecule has 2 fully saturated rings. The van der Waals surface area contributed by atoms with E-state index in [-0.39, 0.29) is 63.2 Å². The maximum absolute atomic E-state index is 16.9. The van der Waals surface area contributed by atoms with Crippen LogP contribution in [0.1, 0.15) is 95.2 Å². The van der Waals surface area contributed by atoms with Crippen molar-refractivity contribution in [1.82, 2.24) is 19.5 Å². The number of methoxy groups -OCH3 is 6. The highest BCUT2D eigenvalue weighted by atomic mass is 31.2. The second-order valence-electron chi connectivity index (χ2n) is 34.3. The van der Waals surface area contributed by atoms with E-state index in [0.717, 1.165) is 16.7 Å². The van der Waals surface area contributed by atoms with Crippen molar-refractivity contribution in [1.29, 1.82) is 0 Å². The Morgan fingerprint density at radius 2 is 0.641 bits per heavy atom. The molecule has 20 rings (SSSR count). The summed E-state index contributed by atoms with van der Waals surface area (Å²) in [6.45, 7) is -2.96. The van der Waals surface area contributed by atoms with E-state index in [4.69, 9.17) is 113 Å². The summed E-state index contributed by atoms with van der Waals surface area (Å²) < 4.78 is 196. The Labute approximate surface area is 821 Å². The zero-order chi connectivity index (χ0) is 97.3. The Kier molecular flexibility index (Phi) is 29.1. The average molecular weight is 1970 g/mol. The van der Waals surface area contributed by atoms with E-state index in [1.54, 1.807) is 47.2 Å². The fourth-order valence-electron chi connectivity index (χ4n) is 18.9. The molecule has 0 saturated carbocycles. The van der Waals surface area contributed by atoms with Crippen LogP contribution in [0.25, 0.3) is 11.2 Å². The van der Waals surface area contributed by atoms with Crippen molar-refractivity contribution in [2.75, 3.05) is 61.2 Å². The summed E-state index contributed by atoms with van der Waals surface area (Å²) in [5, 5.41) is 3.93. The minimum atomic E-state index is -5.07. The summed E-state index contributed by atoms with van der Waals surface area (Å²) in [4.78, 5) is 15.5. The van der Waals surface area contributed by atoms with Crippen LogP contribution in [0.2, 0.25) is 0 Å². The molecule has 15 aromatic rings. The lowest BCUT2D eigenvalue weighted by Gasteiger charge is -2.48. The minimum Gasteiger partial charge on any atom is -0.497 e. The Bertz CT molecular complexity index is 6720. The molecule has 0 unspecified atom stereocenters. The number of benzene rings is 13. The highest BCUT2D eigenvalue weighted by Gasteiger charge is 2.61. The van der Waals surface area contributed by atoms with Crippen molar-refractivity contribution in [3.8, 4) is 34.5 Å². The van der Waals surface area contributed by atoms with E-state index in [1.165, 1.54) is 12.7 Å². The van der Waals surface area contributed by atoms with Gasteiger partial charge in [0.15, 0.2) is 29.5 Å². The topological polar surface area (TPSA) is 301 Å². The third-order valence-corrected chi connectivity index (χ3v) is 30.5. The number of ether oxygens (including phenoxy) is 12. The predicted molar refractivity (Wildman–Crippen MR) is 526 cm³/mol. The summed E-state index contributed by atoms with van der Waals surface area (Å²) in [6.07, 6.45) is -13.0. The maximum Gasteiger partial charge on any atom is 0.475 e. The molecule has 9 atom stereocenters. The van der Waals surface area contributed by atoms with E-state index in [1.807, 2.05) is 340 Å². The zero-order valence-electron chi connectivity index (χ0n) is 78.5. The highest BCUT2D eigenvalue weighted by molar-refractivity contribution is 7.49. The van der Waals surface area contributed by atoms with Crippen molar-refractivity contribution in [2.24, 2.45) is 0 Å². The van der Waals surface area contributed by atoms with Gasteiger partial charge in [0.25, 0.3) is 0 Å². The highest BCUT2D eigenvalue weighted by Crippen LogP contribution is 2.62. The molecule has 5 aliphatic heterocycles. The summed E-state index contributed by atoms with van der Waals surface area (Å²) in [7, 11) is -5.53. The smallest absolute Gasteiger partial charge is 0.475 e. The van der Waals surface area contributed by atoms with Crippen LogP contribution in [0.15, 0.2) is 352 Å². The van der Waals surface area contributed by atoms with Gasteiger partial charge < -0.3 is 62.2 Å². The third kappa shape index (κ3) is 20.0. The van der Waals surface area contributed by atoms with E-state index < -0.39 is 109 Å². The number of hydrogen-bond donors (Lipinski definition) is 1. The van der Waals surface area contributed by atoms with Gasteiger partial charge >= 0.3 is 23.5 Å². The van der Waals surface area contributed by atoms with Gasteiger partial charge in [0.1, 0.15) is 100 Å². The molecule has 2 saturated heterocycles. The quantitative estimate of drug-likeness (QED) is 0.0285. The first kappa shape index (κ1) is 96.6. The first-order chi connectivity index (χ1) is 69.5. The number of phosphoric acid groups is 3. The molecular formula is C110H104N5O24P3. The largest absolute Gasteiger partial charge is 0.497 e. The molecule has 0 aliphatic carbocycles. The van der Waals surface area contributed by atoms with Crippen LogP contribution in [-0.2, 0) is 146 Å². The summed E-state index contributed by atoms with van der Waals surface area (Å²) in [6, 6.07) is 106. The number of nitrogens with one attached hydrogen (secondary N) is 1. The monoisotopic (exact) mass is 1970 g/mol. The van der Waals surface area contributed by atoms with Crippen molar-refractivity contribution in [3.05, 3.63) is 441 Å². The molecule has 0 spiro atoms.